The van der Waals surface area contributed by atoms with Crippen LogP contribution in [0.4, 0.5) is 0 Å². The number of carbonyl (C=O) groups excluding carboxylic acids is 1. The fraction of sp³-hybridized carbons (Fsp3) is 0.417. The van der Waals surface area contributed by atoms with Gasteiger partial charge in [-0.2, -0.15) is 0 Å². The maximum atomic E-state index is 11.8. The summed E-state index contributed by atoms with van der Waals surface area (Å²) in [7, 11) is 1.80. The lowest BCUT2D eigenvalue weighted by Crippen LogP contribution is -2.34. The van der Waals surface area contributed by atoms with Crippen LogP contribution in [-0.2, 0) is 4.79 Å². The number of amides is 1. The molecule has 1 amide bonds. The number of halogens is 2. The Morgan fingerprint density at radius 1 is 1.44 bits per heavy atom. The van der Waals surface area contributed by atoms with Gasteiger partial charge in [0, 0.05) is 12.1 Å². The Morgan fingerprint density at radius 3 is 2.56 bits per heavy atom. The molecule has 0 saturated carbocycles. The van der Waals surface area contributed by atoms with Gasteiger partial charge in [-0.3, -0.25) is 4.79 Å². The van der Waals surface area contributed by atoms with Crippen LogP contribution in [0.1, 0.15) is 25.5 Å². The van der Waals surface area contributed by atoms with Crippen molar-refractivity contribution in [2.24, 2.45) is 0 Å². The van der Waals surface area contributed by atoms with Crippen molar-refractivity contribution in [1.82, 2.24) is 4.90 Å². The molecule has 0 saturated heterocycles. The second kappa shape index (κ2) is 5.69. The van der Waals surface area contributed by atoms with Crippen molar-refractivity contribution in [3.8, 4) is 0 Å². The molecule has 1 aromatic rings. The van der Waals surface area contributed by atoms with Gasteiger partial charge in [0.15, 0.2) is 0 Å². The van der Waals surface area contributed by atoms with Crippen LogP contribution in [0.2, 0.25) is 5.02 Å². The first-order valence-electron chi connectivity index (χ1n) is 5.09. The van der Waals surface area contributed by atoms with Crippen molar-refractivity contribution >= 4 is 33.4 Å². The summed E-state index contributed by atoms with van der Waals surface area (Å²) in [6, 6.07) is 7.59. The zero-order valence-corrected chi connectivity index (χ0v) is 11.9. The van der Waals surface area contributed by atoms with E-state index in [9.17, 15) is 4.79 Å². The van der Waals surface area contributed by atoms with E-state index in [-0.39, 0.29) is 16.8 Å². The molecule has 88 valence electrons. The summed E-state index contributed by atoms with van der Waals surface area (Å²) in [5.74, 6) is 0.0625. The Bertz CT molecular complexity index is 381. The minimum Gasteiger partial charge on any atom is -0.338 e. The van der Waals surface area contributed by atoms with E-state index in [2.05, 4.69) is 15.9 Å². The SMILES string of the molecule is CC(Br)C(=O)N(C)C(C)c1cccc(Cl)c1. The number of rotatable bonds is 3. The van der Waals surface area contributed by atoms with Crippen molar-refractivity contribution < 1.29 is 4.79 Å². The second-order valence-electron chi connectivity index (χ2n) is 3.80. The first-order valence-corrected chi connectivity index (χ1v) is 6.39. The first-order chi connectivity index (χ1) is 7.43. The van der Waals surface area contributed by atoms with Crippen molar-refractivity contribution in [2.45, 2.75) is 24.7 Å². The van der Waals surface area contributed by atoms with Gasteiger partial charge in [-0.1, -0.05) is 39.7 Å². The van der Waals surface area contributed by atoms with Gasteiger partial charge in [0.05, 0.1) is 10.9 Å². The van der Waals surface area contributed by atoms with Gasteiger partial charge >= 0.3 is 0 Å². The largest absolute Gasteiger partial charge is 0.338 e. The lowest BCUT2D eigenvalue weighted by molar-refractivity contribution is -0.130. The van der Waals surface area contributed by atoms with Crippen LogP contribution in [0.25, 0.3) is 0 Å². The summed E-state index contributed by atoms with van der Waals surface area (Å²) >= 11 is 9.20. The van der Waals surface area contributed by atoms with E-state index in [1.807, 2.05) is 38.1 Å². The molecule has 0 aliphatic heterocycles. The molecular formula is C12H15BrClNO. The molecule has 1 rings (SSSR count). The molecule has 0 radical (unpaired) electrons. The molecule has 0 fully saturated rings. The zero-order valence-electron chi connectivity index (χ0n) is 9.58. The smallest absolute Gasteiger partial charge is 0.236 e. The average molecular weight is 305 g/mol. The molecule has 1 aromatic carbocycles. The van der Waals surface area contributed by atoms with E-state index in [0.29, 0.717) is 5.02 Å². The lowest BCUT2D eigenvalue weighted by Gasteiger charge is -2.26. The Hall–Kier alpha value is -0.540. The standard InChI is InChI=1S/C12H15BrClNO/c1-8(13)12(16)15(3)9(2)10-5-4-6-11(14)7-10/h4-9H,1-3H3. The highest BCUT2D eigenvalue weighted by atomic mass is 79.9. The molecule has 2 unspecified atom stereocenters. The normalized spacial score (nSPS) is 14.3. The molecule has 0 N–H and O–H groups in total. The van der Waals surface area contributed by atoms with Crippen molar-refractivity contribution in [2.75, 3.05) is 7.05 Å². The van der Waals surface area contributed by atoms with Gasteiger partial charge < -0.3 is 4.90 Å². The molecule has 2 atom stereocenters. The summed E-state index contributed by atoms with van der Waals surface area (Å²) in [6.45, 7) is 3.81. The minimum absolute atomic E-state index is 0.0196. The number of hydrogen-bond donors (Lipinski definition) is 0. The predicted octanol–water partition coefficient (Wildman–Crippen LogP) is 3.64. The fourth-order valence-electron chi connectivity index (χ4n) is 1.46. The zero-order chi connectivity index (χ0) is 12.3. The number of hydrogen-bond acceptors (Lipinski definition) is 1. The third-order valence-corrected chi connectivity index (χ3v) is 3.23. The number of alkyl halides is 1. The van der Waals surface area contributed by atoms with Crippen LogP contribution >= 0.6 is 27.5 Å². The molecular weight excluding hydrogens is 289 g/mol. The molecule has 16 heavy (non-hydrogen) atoms. The van der Waals surface area contributed by atoms with Crippen LogP contribution in [0.15, 0.2) is 24.3 Å². The van der Waals surface area contributed by atoms with Gasteiger partial charge in [0.2, 0.25) is 5.91 Å². The number of carbonyl (C=O) groups is 1. The molecule has 0 spiro atoms. The van der Waals surface area contributed by atoms with E-state index in [0.717, 1.165) is 5.56 Å². The summed E-state index contributed by atoms with van der Waals surface area (Å²) in [5.41, 5.74) is 1.04. The first kappa shape index (κ1) is 13.5. The van der Waals surface area contributed by atoms with Gasteiger partial charge in [0.25, 0.3) is 0 Å². The molecule has 0 bridgehead atoms. The molecule has 0 heterocycles. The van der Waals surface area contributed by atoms with E-state index in [4.69, 9.17) is 11.6 Å². The minimum atomic E-state index is -0.167. The van der Waals surface area contributed by atoms with Crippen LogP contribution in [0.3, 0.4) is 0 Å². The van der Waals surface area contributed by atoms with Gasteiger partial charge in [-0.25, -0.2) is 0 Å². The highest BCUT2D eigenvalue weighted by Crippen LogP contribution is 2.23. The molecule has 0 aromatic heterocycles. The molecule has 0 aliphatic rings. The lowest BCUT2D eigenvalue weighted by atomic mass is 10.1. The van der Waals surface area contributed by atoms with E-state index < -0.39 is 0 Å². The van der Waals surface area contributed by atoms with Crippen LogP contribution in [0.5, 0.6) is 0 Å². The Kier molecular flexibility index (Phi) is 4.81. The van der Waals surface area contributed by atoms with Crippen LogP contribution in [-0.4, -0.2) is 22.7 Å². The molecule has 4 heteroatoms. The average Bonchev–Trinajstić information content (AvgIpc) is 2.26. The Labute approximate surface area is 110 Å². The monoisotopic (exact) mass is 303 g/mol. The Morgan fingerprint density at radius 2 is 2.06 bits per heavy atom. The van der Waals surface area contributed by atoms with E-state index in [1.165, 1.54) is 0 Å². The Balaban J connectivity index is 2.85. The molecule has 2 nitrogen and oxygen atoms in total. The van der Waals surface area contributed by atoms with Gasteiger partial charge in [0.1, 0.15) is 0 Å². The third-order valence-electron chi connectivity index (χ3n) is 2.60. The maximum Gasteiger partial charge on any atom is 0.236 e. The predicted molar refractivity (Wildman–Crippen MR) is 71.0 cm³/mol. The number of benzene rings is 1. The highest BCUT2D eigenvalue weighted by molar-refractivity contribution is 9.10. The maximum absolute atomic E-state index is 11.8. The second-order valence-corrected chi connectivity index (χ2v) is 5.61. The molecule has 0 aliphatic carbocycles. The summed E-state index contributed by atoms with van der Waals surface area (Å²) < 4.78 is 0. The quantitative estimate of drug-likeness (QED) is 0.781. The van der Waals surface area contributed by atoms with Gasteiger partial charge in [-0.05, 0) is 31.5 Å². The van der Waals surface area contributed by atoms with Crippen LogP contribution < -0.4 is 0 Å². The topological polar surface area (TPSA) is 20.3 Å². The van der Waals surface area contributed by atoms with Crippen molar-refractivity contribution in [3.05, 3.63) is 34.9 Å². The van der Waals surface area contributed by atoms with Gasteiger partial charge in [-0.15, -0.1) is 0 Å². The summed E-state index contributed by atoms with van der Waals surface area (Å²) in [6.07, 6.45) is 0. The van der Waals surface area contributed by atoms with Crippen LogP contribution in [0, 0.1) is 0 Å². The highest BCUT2D eigenvalue weighted by Gasteiger charge is 2.20. The summed E-state index contributed by atoms with van der Waals surface area (Å²) in [4.78, 5) is 13.3. The third kappa shape index (κ3) is 3.22. The van der Waals surface area contributed by atoms with Crippen molar-refractivity contribution in [3.63, 3.8) is 0 Å². The van der Waals surface area contributed by atoms with E-state index in [1.54, 1.807) is 11.9 Å². The fourth-order valence-corrected chi connectivity index (χ4v) is 1.98. The number of nitrogens with zero attached hydrogens (tertiary/aromatic N) is 1. The van der Waals surface area contributed by atoms with Crippen molar-refractivity contribution in [1.29, 1.82) is 0 Å². The summed E-state index contributed by atoms with van der Waals surface area (Å²) in [5, 5.41) is 0.692. The van der Waals surface area contributed by atoms with E-state index >= 15 is 0 Å².